The fourth-order valence-corrected chi connectivity index (χ4v) is 7.20. The van der Waals surface area contributed by atoms with E-state index in [1.54, 1.807) is 35.9 Å². The predicted molar refractivity (Wildman–Crippen MR) is 210 cm³/mol. The lowest BCUT2D eigenvalue weighted by molar-refractivity contribution is -0.144. The average Bonchev–Trinajstić information content (AvgIpc) is 3.71. The minimum atomic E-state index is -0.981. The number of β-amino-alcohol motifs (C(OH)–C–C–N with tert-alkyl or cyclic N) is 1. The molecule has 1 saturated heterocycles. The number of carbonyl (C=O) groups is 4. The number of likely N-dealkylation sites (tertiary alicyclic amines) is 1. The summed E-state index contributed by atoms with van der Waals surface area (Å²) in [6.45, 7) is 11.1. The Morgan fingerprint density at radius 2 is 1.80 bits per heavy atom. The zero-order valence-electron chi connectivity index (χ0n) is 31.8. The normalized spacial score (nSPS) is 17.2. The molecule has 0 spiro atoms. The Bertz CT molecular complexity index is 1770. The van der Waals surface area contributed by atoms with E-state index in [4.69, 9.17) is 16.2 Å². The maximum Gasteiger partial charge on any atom is 0.246 e. The first-order valence-corrected chi connectivity index (χ1v) is 18.9. The van der Waals surface area contributed by atoms with Gasteiger partial charge in [-0.3, -0.25) is 19.2 Å². The third-order valence-corrected chi connectivity index (χ3v) is 10.4. The number of primary amides is 1. The van der Waals surface area contributed by atoms with Gasteiger partial charge in [0.2, 0.25) is 23.6 Å². The lowest BCUT2D eigenvalue weighted by atomic mass is 9.85. The van der Waals surface area contributed by atoms with Crippen molar-refractivity contribution in [2.45, 2.75) is 110 Å². The van der Waals surface area contributed by atoms with Crippen molar-refractivity contribution in [2.75, 3.05) is 13.2 Å². The van der Waals surface area contributed by atoms with Gasteiger partial charge in [-0.15, -0.1) is 23.7 Å². The fraction of sp³-hybridized carbons (Fsp3) is 0.513. The van der Waals surface area contributed by atoms with Crippen LogP contribution in [-0.2, 0) is 25.6 Å². The number of nitrogens with two attached hydrogens (primary N) is 2. The van der Waals surface area contributed by atoms with Gasteiger partial charge in [-0.25, -0.2) is 9.37 Å². The standard InChI is InChI=1S/C39H53FN6O6S.ClH/c1-22-16-27(34(40)31(17-22)52-20-28(41)14-15-32(42)48)8-7-9-33(49)45-36(39(4,5)6)38(51)46-19-29(47)18-30(46)37(50)44-23(2)25-10-12-26(13-11-25)35-24(3)43-21-53-35;/h10-13,16-17,21,23,28-30,36,47H,7-9,14-15,18-20,41H2,1-6H3,(H2,42,48)(H,44,50)(H,45,49);1H/t23?,28?,29-,30+,36?;/m1./s1. The minimum Gasteiger partial charge on any atom is -0.489 e. The number of hydrogen-bond acceptors (Lipinski definition) is 9. The van der Waals surface area contributed by atoms with Gasteiger partial charge in [-0.05, 0) is 73.8 Å². The molecule has 1 aromatic heterocycles. The zero-order chi connectivity index (χ0) is 39.0. The van der Waals surface area contributed by atoms with Crippen LogP contribution in [0.5, 0.6) is 5.75 Å². The van der Waals surface area contributed by atoms with Gasteiger partial charge >= 0.3 is 0 Å². The van der Waals surface area contributed by atoms with Crippen molar-refractivity contribution in [1.29, 1.82) is 0 Å². The molecule has 5 atom stereocenters. The van der Waals surface area contributed by atoms with Crippen molar-refractivity contribution in [3.05, 3.63) is 70.1 Å². The summed E-state index contributed by atoms with van der Waals surface area (Å²) in [4.78, 5) is 58.7. The number of carbonyl (C=O) groups excluding carboxylic acids is 4. The molecule has 0 aliphatic carbocycles. The van der Waals surface area contributed by atoms with Crippen LogP contribution in [0, 0.1) is 25.1 Å². The van der Waals surface area contributed by atoms with E-state index in [1.165, 1.54) is 4.90 Å². The monoisotopic (exact) mass is 788 g/mol. The summed E-state index contributed by atoms with van der Waals surface area (Å²) in [5.41, 5.74) is 16.2. The van der Waals surface area contributed by atoms with Crippen LogP contribution in [0.1, 0.15) is 88.2 Å². The Morgan fingerprint density at radius 3 is 2.41 bits per heavy atom. The molecule has 7 N–H and O–H groups in total. The van der Waals surface area contributed by atoms with Gasteiger partial charge in [0.1, 0.15) is 18.7 Å². The third kappa shape index (κ3) is 11.9. The summed E-state index contributed by atoms with van der Waals surface area (Å²) >= 11 is 1.56. The largest absolute Gasteiger partial charge is 0.489 e. The minimum absolute atomic E-state index is 0. The van der Waals surface area contributed by atoms with Crippen LogP contribution < -0.4 is 26.8 Å². The highest BCUT2D eigenvalue weighted by molar-refractivity contribution is 7.13. The zero-order valence-corrected chi connectivity index (χ0v) is 33.5. The number of aryl methyl sites for hydroxylation is 3. The quantitative estimate of drug-likeness (QED) is 0.139. The second-order valence-electron chi connectivity index (χ2n) is 15.0. The molecule has 1 fully saturated rings. The van der Waals surface area contributed by atoms with Crippen LogP contribution in [0.15, 0.2) is 41.9 Å². The first kappa shape index (κ1) is 44.3. The molecule has 4 rings (SSSR count). The molecule has 54 heavy (non-hydrogen) atoms. The molecule has 0 bridgehead atoms. The van der Waals surface area contributed by atoms with Crippen LogP contribution in [-0.4, -0.2) is 76.0 Å². The molecule has 0 saturated carbocycles. The number of aromatic nitrogens is 1. The maximum absolute atomic E-state index is 15.3. The molecule has 2 heterocycles. The molecule has 296 valence electrons. The summed E-state index contributed by atoms with van der Waals surface area (Å²) in [6, 6.07) is 8.38. The molecule has 0 radical (unpaired) electrons. The van der Waals surface area contributed by atoms with E-state index >= 15 is 4.39 Å². The number of thiazole rings is 1. The number of hydrogen-bond donors (Lipinski definition) is 5. The van der Waals surface area contributed by atoms with E-state index in [2.05, 4.69) is 15.6 Å². The van der Waals surface area contributed by atoms with Crippen molar-refractivity contribution < 1.29 is 33.4 Å². The number of amides is 4. The molecule has 12 nitrogen and oxygen atoms in total. The number of ether oxygens (including phenoxy) is 1. The van der Waals surface area contributed by atoms with E-state index in [1.807, 2.05) is 58.9 Å². The Morgan fingerprint density at radius 1 is 1.11 bits per heavy atom. The summed E-state index contributed by atoms with van der Waals surface area (Å²) in [6.07, 6.45) is 0.163. The lowest BCUT2D eigenvalue weighted by Crippen LogP contribution is -2.57. The highest BCUT2D eigenvalue weighted by Crippen LogP contribution is 2.30. The molecule has 3 unspecified atom stereocenters. The number of rotatable bonds is 16. The number of nitrogens with one attached hydrogen (secondary N) is 2. The van der Waals surface area contributed by atoms with Crippen molar-refractivity contribution in [3.8, 4) is 16.2 Å². The number of aliphatic hydroxyl groups is 1. The fourth-order valence-electron chi connectivity index (χ4n) is 6.39. The Hall–Kier alpha value is -4.11. The number of halogens is 2. The summed E-state index contributed by atoms with van der Waals surface area (Å²) in [5, 5.41) is 16.5. The van der Waals surface area contributed by atoms with Gasteiger partial charge in [0, 0.05) is 31.8 Å². The van der Waals surface area contributed by atoms with Crippen LogP contribution in [0.25, 0.3) is 10.4 Å². The SMILES string of the molecule is Cc1cc(CCCC(=O)NC(C(=O)N2C[C@H](O)C[C@H]2C(=O)NC(C)c2ccc(-c3scnc3C)cc2)C(C)(C)C)c(F)c(OCC(N)CCC(N)=O)c1.Cl. The number of aliphatic hydroxyl groups excluding tert-OH is 1. The van der Waals surface area contributed by atoms with E-state index < -0.39 is 53.2 Å². The Balaban J connectivity index is 0.00000784. The van der Waals surface area contributed by atoms with Crippen molar-refractivity contribution in [3.63, 3.8) is 0 Å². The van der Waals surface area contributed by atoms with Crippen LogP contribution in [0.4, 0.5) is 4.39 Å². The van der Waals surface area contributed by atoms with Gasteiger partial charge in [0.15, 0.2) is 11.6 Å². The van der Waals surface area contributed by atoms with Crippen molar-refractivity contribution in [1.82, 2.24) is 20.5 Å². The van der Waals surface area contributed by atoms with Crippen molar-refractivity contribution >= 4 is 47.4 Å². The predicted octanol–water partition coefficient (Wildman–Crippen LogP) is 4.65. The van der Waals surface area contributed by atoms with Gasteiger partial charge in [-0.2, -0.15) is 0 Å². The molecular weight excluding hydrogens is 735 g/mol. The first-order chi connectivity index (χ1) is 24.9. The van der Waals surface area contributed by atoms with Crippen LogP contribution in [0.3, 0.4) is 0 Å². The van der Waals surface area contributed by atoms with Gasteiger partial charge in [-0.1, -0.05) is 51.1 Å². The summed E-state index contributed by atoms with van der Waals surface area (Å²) in [5.74, 6) is -2.22. The highest BCUT2D eigenvalue weighted by Gasteiger charge is 2.44. The number of nitrogens with zero attached hydrogens (tertiary/aromatic N) is 2. The molecule has 4 amide bonds. The molecule has 1 aliphatic rings. The lowest BCUT2D eigenvalue weighted by Gasteiger charge is -2.35. The van der Waals surface area contributed by atoms with Gasteiger partial charge in [0.05, 0.1) is 28.2 Å². The average molecular weight is 789 g/mol. The Labute approximate surface area is 327 Å². The van der Waals surface area contributed by atoms with E-state index in [-0.39, 0.29) is 68.9 Å². The molecule has 3 aromatic rings. The summed E-state index contributed by atoms with van der Waals surface area (Å²) in [7, 11) is 0. The second kappa shape index (κ2) is 19.5. The number of benzene rings is 2. The van der Waals surface area contributed by atoms with Gasteiger partial charge in [0.25, 0.3) is 0 Å². The first-order valence-electron chi connectivity index (χ1n) is 18.0. The maximum atomic E-state index is 15.3. The third-order valence-electron chi connectivity index (χ3n) is 9.38. The second-order valence-corrected chi connectivity index (χ2v) is 15.9. The van der Waals surface area contributed by atoms with Crippen LogP contribution in [0.2, 0.25) is 0 Å². The topological polar surface area (TPSA) is 190 Å². The summed E-state index contributed by atoms with van der Waals surface area (Å²) < 4.78 is 21.0. The van der Waals surface area contributed by atoms with E-state index in [0.29, 0.717) is 18.4 Å². The highest BCUT2D eigenvalue weighted by atomic mass is 35.5. The van der Waals surface area contributed by atoms with Crippen LogP contribution >= 0.6 is 23.7 Å². The molecular formula is C39H54ClFN6O6S. The Kier molecular flexibility index (Phi) is 16.0. The van der Waals surface area contributed by atoms with Gasteiger partial charge < -0.3 is 36.8 Å². The molecule has 15 heteroatoms. The van der Waals surface area contributed by atoms with E-state index in [9.17, 15) is 24.3 Å². The molecule has 2 aromatic carbocycles. The van der Waals surface area contributed by atoms with Crippen molar-refractivity contribution in [2.24, 2.45) is 16.9 Å². The smallest absolute Gasteiger partial charge is 0.246 e. The van der Waals surface area contributed by atoms with E-state index in [0.717, 1.165) is 27.3 Å². The molecule has 1 aliphatic heterocycles.